The Morgan fingerprint density at radius 3 is 1.73 bits per heavy atom. The Bertz CT molecular complexity index is 2100. The molecule has 0 aliphatic heterocycles. The molecule has 6 N–H and O–H groups in total. The first kappa shape index (κ1) is 45.2. The first-order valence-electron chi connectivity index (χ1n) is 19.5. The number of H-pyrrole nitrogens is 2. The highest BCUT2D eigenvalue weighted by molar-refractivity contribution is 6.03. The Kier molecular flexibility index (Phi) is 15.0. The van der Waals surface area contributed by atoms with E-state index >= 15 is 4.39 Å². The molecule has 0 aromatic carbocycles. The molecule has 4 aromatic heterocycles. The Hall–Kier alpha value is -5.90. The maximum Gasteiger partial charge on any atom is 0.407 e. The SMILES string of the molecule is COCc1cc(C(=O)Nc2cc([C@@H]3CC[C@H](N(C(=O)O)C(C)C)[C@H]3F)[nH]n2)n(C)n1.COCc1cc(C(=O)Nc2cc([C@H]3CC[C@@H](OC(=O)NC(C)C)[C@@H]3F)[nH]n2)n(C)n1. The van der Waals surface area contributed by atoms with Gasteiger partial charge in [0.2, 0.25) is 0 Å². The van der Waals surface area contributed by atoms with E-state index in [-0.39, 0.29) is 36.2 Å². The highest BCUT2D eigenvalue weighted by atomic mass is 19.1. The predicted molar refractivity (Wildman–Crippen MR) is 212 cm³/mol. The van der Waals surface area contributed by atoms with Gasteiger partial charge in [-0.25, -0.2) is 18.4 Å². The molecule has 2 aliphatic rings. The normalized spacial score (nSPS) is 21.1. The van der Waals surface area contributed by atoms with Crippen LogP contribution in [0.5, 0.6) is 0 Å². The largest absolute Gasteiger partial charge is 0.465 e. The number of aromatic amines is 2. The fourth-order valence-electron chi connectivity index (χ4n) is 7.54. The Labute approximate surface area is 345 Å². The predicted octanol–water partition coefficient (Wildman–Crippen LogP) is 4.78. The number of nitrogens with one attached hydrogen (secondary N) is 5. The maximum atomic E-state index is 15.1. The standard InChI is InChI=1S/2C19H27FN6O4/c1-10(2)21-19(28)30-15-6-5-12(17(15)20)13-8-16(24-23-13)22-18(27)14-7-11(9-29-4)25-26(14)3;1-10(2)26(19(28)29)14-6-5-12(17(14)20)13-8-16(23-22-13)21-18(27)15-7-11(9-30-4)24-25(15)3/h7-8,10,12,15,17H,5-6,9H2,1-4H3,(H,21,28)(H2,22,23,24,27);7-8,10,12,14,17H,5-6,9H2,1-4H3,(H,28,29)(H2,21,22,23,27)/t12-,15-,17-;12-,14-,17-/m10/s1. The molecular formula is C38H54F2N12O8. The van der Waals surface area contributed by atoms with E-state index in [4.69, 9.17) is 14.2 Å². The molecule has 4 aromatic rings. The number of methoxy groups -OCH3 is 2. The van der Waals surface area contributed by atoms with Gasteiger partial charge in [-0.15, -0.1) is 0 Å². The third-order valence-corrected chi connectivity index (χ3v) is 10.2. The van der Waals surface area contributed by atoms with Gasteiger partial charge >= 0.3 is 12.2 Å². The second-order valence-electron chi connectivity index (χ2n) is 15.3. The van der Waals surface area contributed by atoms with E-state index in [1.807, 2.05) is 0 Å². The maximum absolute atomic E-state index is 15.1. The van der Waals surface area contributed by atoms with Gasteiger partial charge in [0.25, 0.3) is 11.8 Å². The van der Waals surface area contributed by atoms with Crippen molar-refractivity contribution in [1.29, 1.82) is 0 Å². The molecule has 4 amide bonds. The highest BCUT2D eigenvalue weighted by Crippen LogP contribution is 2.40. The number of hydrogen-bond donors (Lipinski definition) is 6. The van der Waals surface area contributed by atoms with Crippen LogP contribution in [0.3, 0.4) is 0 Å². The van der Waals surface area contributed by atoms with Crippen molar-refractivity contribution < 1.29 is 47.3 Å². The number of halogens is 2. The quantitative estimate of drug-likeness (QED) is 0.100. The molecule has 0 radical (unpaired) electrons. The summed E-state index contributed by atoms with van der Waals surface area (Å²) in [6.45, 7) is 7.65. The van der Waals surface area contributed by atoms with Crippen LogP contribution < -0.4 is 16.0 Å². The third kappa shape index (κ3) is 10.8. The van der Waals surface area contributed by atoms with Gasteiger partial charge in [0.15, 0.2) is 11.6 Å². The Balaban J connectivity index is 0.000000228. The number of hydrogen-bond acceptors (Lipinski definition) is 11. The lowest BCUT2D eigenvalue weighted by Gasteiger charge is -2.31. The van der Waals surface area contributed by atoms with Crippen LogP contribution in [0, 0.1) is 0 Å². The first-order chi connectivity index (χ1) is 28.5. The van der Waals surface area contributed by atoms with Crippen molar-refractivity contribution in [2.45, 2.75) is 115 Å². The number of carbonyl (C=O) groups excluding carboxylic acids is 3. The van der Waals surface area contributed by atoms with Crippen molar-refractivity contribution in [3.05, 3.63) is 58.4 Å². The molecule has 0 saturated heterocycles. The van der Waals surface area contributed by atoms with E-state index in [0.717, 1.165) is 0 Å². The zero-order valence-electron chi connectivity index (χ0n) is 34.9. The number of anilines is 2. The number of alkyl carbamates (subject to hydrolysis) is 1. The Morgan fingerprint density at radius 2 is 1.28 bits per heavy atom. The minimum atomic E-state index is -1.36. The van der Waals surface area contributed by atoms with E-state index in [1.54, 1.807) is 80.3 Å². The summed E-state index contributed by atoms with van der Waals surface area (Å²) in [7, 11) is 6.40. The van der Waals surface area contributed by atoms with E-state index in [2.05, 4.69) is 46.5 Å². The zero-order chi connectivity index (χ0) is 43.8. The average Bonchev–Trinajstić information content (AvgIpc) is 4.03. The summed E-state index contributed by atoms with van der Waals surface area (Å²) in [6.07, 6.45) is -3.47. The molecule has 0 unspecified atom stereocenters. The van der Waals surface area contributed by atoms with Gasteiger partial charge < -0.3 is 40.2 Å². The molecule has 0 bridgehead atoms. The van der Waals surface area contributed by atoms with Gasteiger partial charge in [-0.3, -0.25) is 29.2 Å². The van der Waals surface area contributed by atoms with Crippen LogP contribution >= 0.6 is 0 Å². The highest BCUT2D eigenvalue weighted by Gasteiger charge is 2.44. The molecule has 20 nitrogen and oxygen atoms in total. The molecule has 328 valence electrons. The molecule has 2 fully saturated rings. The molecule has 0 spiro atoms. The van der Waals surface area contributed by atoms with Gasteiger partial charge in [0.1, 0.15) is 29.8 Å². The number of amides is 4. The number of aryl methyl sites for hydroxylation is 2. The van der Waals surface area contributed by atoms with Crippen molar-refractivity contribution in [1.82, 2.24) is 50.2 Å². The van der Waals surface area contributed by atoms with Crippen LogP contribution in [-0.4, -0.2) is 125 Å². The van der Waals surface area contributed by atoms with Crippen LogP contribution in [0.25, 0.3) is 0 Å². The molecule has 2 saturated carbocycles. The Morgan fingerprint density at radius 1 is 0.800 bits per heavy atom. The fourth-order valence-corrected chi connectivity index (χ4v) is 7.54. The van der Waals surface area contributed by atoms with Gasteiger partial charge in [0.05, 0.1) is 30.6 Å². The van der Waals surface area contributed by atoms with Gasteiger partial charge in [-0.2, -0.15) is 20.4 Å². The van der Waals surface area contributed by atoms with Gasteiger partial charge in [0, 0.05) is 75.8 Å². The number of ether oxygens (including phenoxy) is 3. The van der Waals surface area contributed by atoms with Crippen LogP contribution in [0.15, 0.2) is 24.3 Å². The first-order valence-corrected chi connectivity index (χ1v) is 19.5. The molecule has 2 aliphatic carbocycles. The zero-order valence-corrected chi connectivity index (χ0v) is 34.9. The fraction of sp³-hybridized carbons (Fsp3) is 0.579. The van der Waals surface area contributed by atoms with Crippen LogP contribution in [0.4, 0.5) is 30.0 Å². The average molecular weight is 845 g/mol. The van der Waals surface area contributed by atoms with Gasteiger partial charge in [-0.05, 0) is 65.5 Å². The van der Waals surface area contributed by atoms with Gasteiger partial charge in [-0.1, -0.05) is 0 Å². The number of carbonyl (C=O) groups is 4. The summed E-state index contributed by atoms with van der Waals surface area (Å²) in [4.78, 5) is 49.5. The van der Waals surface area contributed by atoms with E-state index in [1.165, 1.54) is 14.3 Å². The van der Waals surface area contributed by atoms with Crippen LogP contribution in [0.1, 0.15) is 109 Å². The lowest BCUT2D eigenvalue weighted by Crippen LogP contribution is -2.47. The third-order valence-electron chi connectivity index (χ3n) is 10.2. The van der Waals surface area contributed by atoms with E-state index in [0.29, 0.717) is 66.5 Å². The second-order valence-corrected chi connectivity index (χ2v) is 15.3. The lowest BCUT2D eigenvalue weighted by molar-refractivity contribution is 0.0555. The van der Waals surface area contributed by atoms with E-state index < -0.39 is 54.4 Å². The van der Waals surface area contributed by atoms with Crippen molar-refractivity contribution in [2.75, 3.05) is 24.9 Å². The minimum absolute atomic E-state index is 0.0865. The number of carboxylic acid groups (broad SMARTS) is 1. The molecule has 60 heavy (non-hydrogen) atoms. The molecule has 4 heterocycles. The summed E-state index contributed by atoms with van der Waals surface area (Å²) in [5.41, 5.74) is 3.01. The summed E-state index contributed by atoms with van der Waals surface area (Å²) in [5.74, 6) is -1.26. The van der Waals surface area contributed by atoms with Crippen molar-refractivity contribution in [2.24, 2.45) is 14.1 Å². The van der Waals surface area contributed by atoms with Crippen molar-refractivity contribution >= 4 is 35.6 Å². The topological polar surface area (TPSA) is 249 Å². The smallest absolute Gasteiger partial charge is 0.407 e. The summed E-state index contributed by atoms with van der Waals surface area (Å²) in [5, 5.41) is 39.4. The summed E-state index contributed by atoms with van der Waals surface area (Å²) < 4.78 is 48.1. The second kappa shape index (κ2) is 19.9. The lowest BCUT2D eigenvalue weighted by atomic mass is 10.0. The van der Waals surface area contributed by atoms with Crippen molar-refractivity contribution in [3.63, 3.8) is 0 Å². The van der Waals surface area contributed by atoms with E-state index in [9.17, 15) is 28.7 Å². The molecular weight excluding hydrogens is 790 g/mol. The number of alkyl halides is 2. The van der Waals surface area contributed by atoms with Crippen LogP contribution in [-0.2, 0) is 41.5 Å². The minimum Gasteiger partial charge on any atom is -0.465 e. The number of rotatable bonds is 14. The molecule has 22 heteroatoms. The molecule has 6 atom stereocenters. The number of aromatic nitrogens is 8. The monoisotopic (exact) mass is 844 g/mol. The molecule has 6 rings (SSSR count). The summed E-state index contributed by atoms with van der Waals surface area (Å²) >= 11 is 0. The number of nitrogens with zero attached hydrogens (tertiary/aromatic N) is 7. The van der Waals surface area contributed by atoms with Crippen molar-refractivity contribution in [3.8, 4) is 0 Å². The van der Waals surface area contributed by atoms with Crippen LogP contribution in [0.2, 0.25) is 0 Å². The summed E-state index contributed by atoms with van der Waals surface area (Å²) in [6, 6.07) is 5.33.